The molecule has 3 aromatic rings. The van der Waals surface area contributed by atoms with Crippen LogP contribution in [-0.2, 0) is 15.7 Å². The molecule has 0 unspecified atom stereocenters. The van der Waals surface area contributed by atoms with E-state index in [0.717, 1.165) is 16.8 Å². The van der Waals surface area contributed by atoms with Crippen LogP contribution in [0.25, 0.3) is 11.3 Å². The zero-order valence-electron chi connectivity index (χ0n) is 22.3. The fourth-order valence-electron chi connectivity index (χ4n) is 4.74. The number of nitrogen functional groups attached to an aromatic ring is 1. The van der Waals surface area contributed by atoms with Crippen molar-refractivity contribution in [3.8, 4) is 11.3 Å². The maximum atomic E-state index is 14.0. The number of morpholine rings is 1. The van der Waals surface area contributed by atoms with Crippen LogP contribution < -0.4 is 20.9 Å². The minimum absolute atomic E-state index is 0.0536. The molecule has 0 radical (unpaired) electrons. The van der Waals surface area contributed by atoms with Crippen molar-refractivity contribution < 1.29 is 37.7 Å². The Hall–Kier alpha value is -4.28. The number of halogens is 3. The van der Waals surface area contributed by atoms with E-state index in [4.69, 9.17) is 20.3 Å². The number of aromatic nitrogens is 4. The molecule has 42 heavy (non-hydrogen) atoms. The highest BCUT2D eigenvalue weighted by molar-refractivity contribution is 5.91. The molecule has 0 saturated carbocycles. The van der Waals surface area contributed by atoms with Gasteiger partial charge in [-0.05, 0) is 24.1 Å². The molecule has 1 aromatic carbocycles. The van der Waals surface area contributed by atoms with Crippen molar-refractivity contribution in [1.82, 2.24) is 19.9 Å². The van der Waals surface area contributed by atoms with Gasteiger partial charge in [0.25, 0.3) is 0 Å². The summed E-state index contributed by atoms with van der Waals surface area (Å²) in [6.07, 6.45) is -5.12. The standard InChI is InChI=1S/C26H29F3N8O5/c27-26(28,29)22-17(13-32-23(30)35-22)18-12-20(34-24(33-18)36-7-10-41-11-8-36)37-19(14-39)21(42-25(37)40)15-2-4-16(5-3-15)31-6-1-9-38/h2-5,12-13,19,21,31,38-39H,1,6-11,14H2,(H2,30,32,35)/t19-,21-/m0/s1. The zero-order valence-corrected chi connectivity index (χ0v) is 22.3. The third kappa shape index (κ3) is 6.14. The first-order chi connectivity index (χ1) is 20.2. The minimum atomic E-state index is -4.87. The predicted octanol–water partition coefficient (Wildman–Crippen LogP) is 2.22. The summed E-state index contributed by atoms with van der Waals surface area (Å²) in [4.78, 5) is 32.1. The maximum absolute atomic E-state index is 14.0. The van der Waals surface area contributed by atoms with Crippen molar-refractivity contribution in [2.75, 3.05) is 66.9 Å². The smallest absolute Gasteiger partial charge is 0.434 e. The Bertz CT molecular complexity index is 1410. The molecular formula is C26H29F3N8O5. The Balaban J connectivity index is 1.54. The van der Waals surface area contributed by atoms with E-state index in [1.54, 1.807) is 29.2 Å². The van der Waals surface area contributed by atoms with E-state index < -0.39 is 48.2 Å². The number of aliphatic hydroxyl groups excluding tert-OH is 2. The van der Waals surface area contributed by atoms with Crippen LogP contribution in [0, 0.1) is 0 Å². The van der Waals surface area contributed by atoms with Gasteiger partial charge in [0, 0.05) is 49.8 Å². The van der Waals surface area contributed by atoms with Gasteiger partial charge in [0.1, 0.15) is 11.9 Å². The monoisotopic (exact) mass is 590 g/mol. The van der Waals surface area contributed by atoms with Crippen LogP contribution in [-0.4, -0.2) is 88.3 Å². The number of anilines is 4. The number of rotatable bonds is 9. The second-order valence-corrected chi connectivity index (χ2v) is 9.55. The largest absolute Gasteiger partial charge is 0.439 e. The van der Waals surface area contributed by atoms with E-state index in [2.05, 4.69) is 25.3 Å². The molecule has 16 heteroatoms. The highest BCUT2D eigenvalue weighted by Crippen LogP contribution is 2.39. The van der Waals surface area contributed by atoms with Gasteiger partial charge in [-0.1, -0.05) is 12.1 Å². The highest BCUT2D eigenvalue weighted by atomic mass is 19.4. The molecule has 0 bridgehead atoms. The molecule has 2 fully saturated rings. The van der Waals surface area contributed by atoms with E-state index in [1.807, 2.05) is 0 Å². The van der Waals surface area contributed by atoms with Gasteiger partial charge in [-0.15, -0.1) is 0 Å². The zero-order chi connectivity index (χ0) is 29.9. The predicted molar refractivity (Wildman–Crippen MR) is 145 cm³/mol. The van der Waals surface area contributed by atoms with Crippen LogP contribution >= 0.6 is 0 Å². The first-order valence-electron chi connectivity index (χ1n) is 13.2. The van der Waals surface area contributed by atoms with Crippen molar-refractivity contribution in [1.29, 1.82) is 0 Å². The number of ether oxygens (including phenoxy) is 2. The second-order valence-electron chi connectivity index (χ2n) is 9.55. The van der Waals surface area contributed by atoms with Gasteiger partial charge in [-0.2, -0.15) is 18.2 Å². The van der Waals surface area contributed by atoms with Crippen LogP contribution in [0.4, 0.5) is 41.4 Å². The third-order valence-electron chi connectivity index (χ3n) is 6.79. The van der Waals surface area contributed by atoms with Gasteiger partial charge in [0.2, 0.25) is 11.9 Å². The molecule has 5 rings (SSSR count). The summed E-state index contributed by atoms with van der Waals surface area (Å²) in [5.74, 6) is -0.572. The van der Waals surface area contributed by atoms with Crippen LogP contribution in [0.5, 0.6) is 0 Å². The molecule has 2 aliphatic rings. The summed E-state index contributed by atoms with van der Waals surface area (Å²) < 4.78 is 52.9. The highest BCUT2D eigenvalue weighted by Gasteiger charge is 2.45. The first kappa shape index (κ1) is 29.2. The second kappa shape index (κ2) is 12.3. The Morgan fingerprint density at radius 2 is 1.83 bits per heavy atom. The number of carbonyl (C=O) groups is 1. The SMILES string of the molecule is Nc1ncc(-c2cc(N3C(=O)O[C@@H](c4ccc(NCCCO)cc4)[C@@H]3CO)nc(N3CCOCC3)n2)c(C(F)(F)F)n1. The van der Waals surface area contributed by atoms with Crippen molar-refractivity contribution in [2.24, 2.45) is 0 Å². The van der Waals surface area contributed by atoms with Crippen molar-refractivity contribution in [3.05, 3.63) is 47.8 Å². The molecule has 1 amide bonds. The topological polar surface area (TPSA) is 172 Å². The van der Waals surface area contributed by atoms with Gasteiger partial charge in [-0.3, -0.25) is 4.90 Å². The minimum Gasteiger partial charge on any atom is -0.439 e. The summed E-state index contributed by atoms with van der Waals surface area (Å²) in [7, 11) is 0. The molecule has 2 atom stereocenters. The number of nitrogens with zero attached hydrogens (tertiary/aromatic N) is 6. The number of alkyl halides is 3. The van der Waals surface area contributed by atoms with Crippen LogP contribution in [0.2, 0.25) is 0 Å². The number of hydrogen-bond donors (Lipinski definition) is 4. The van der Waals surface area contributed by atoms with E-state index >= 15 is 0 Å². The molecule has 2 aliphatic heterocycles. The van der Waals surface area contributed by atoms with Crippen LogP contribution in [0.1, 0.15) is 23.8 Å². The number of amides is 1. The number of carbonyl (C=O) groups excluding carboxylic acids is 1. The van der Waals surface area contributed by atoms with Crippen LogP contribution in [0.3, 0.4) is 0 Å². The summed E-state index contributed by atoms with van der Waals surface area (Å²) >= 11 is 0. The van der Waals surface area contributed by atoms with E-state index in [0.29, 0.717) is 44.8 Å². The molecule has 224 valence electrons. The summed E-state index contributed by atoms with van der Waals surface area (Å²) in [6, 6.07) is 7.27. The molecule has 13 nitrogen and oxygen atoms in total. The lowest BCUT2D eigenvalue weighted by atomic mass is 10.0. The fraction of sp³-hybridized carbons (Fsp3) is 0.423. The Morgan fingerprint density at radius 3 is 2.50 bits per heavy atom. The van der Waals surface area contributed by atoms with Crippen LogP contribution in [0.15, 0.2) is 36.5 Å². The number of cyclic esters (lactones) is 1. The number of benzene rings is 1. The fourth-order valence-corrected chi connectivity index (χ4v) is 4.74. The Morgan fingerprint density at radius 1 is 1.10 bits per heavy atom. The average molecular weight is 591 g/mol. The molecule has 2 aromatic heterocycles. The lowest BCUT2D eigenvalue weighted by Crippen LogP contribution is -2.40. The van der Waals surface area contributed by atoms with Gasteiger partial charge in [0.05, 0.1) is 25.5 Å². The first-order valence-corrected chi connectivity index (χ1v) is 13.2. The average Bonchev–Trinajstić information content (AvgIpc) is 3.33. The number of nitrogens with two attached hydrogens (primary N) is 1. The molecular weight excluding hydrogens is 561 g/mol. The molecule has 0 aliphatic carbocycles. The molecule has 4 heterocycles. The van der Waals surface area contributed by atoms with Crippen molar-refractivity contribution >= 4 is 29.5 Å². The van der Waals surface area contributed by atoms with Crippen molar-refractivity contribution in [2.45, 2.75) is 24.7 Å². The summed E-state index contributed by atoms with van der Waals surface area (Å²) in [5, 5.41) is 22.5. The third-order valence-corrected chi connectivity index (χ3v) is 6.79. The Labute approximate surface area is 238 Å². The molecule has 5 N–H and O–H groups in total. The number of nitrogens with one attached hydrogen (secondary N) is 1. The molecule has 0 spiro atoms. The quantitative estimate of drug-likeness (QED) is 0.268. The number of aliphatic hydroxyl groups is 2. The van der Waals surface area contributed by atoms with E-state index in [1.165, 1.54) is 6.07 Å². The summed E-state index contributed by atoms with van der Waals surface area (Å²) in [6.45, 7) is 1.51. The maximum Gasteiger partial charge on any atom is 0.434 e. The lowest BCUT2D eigenvalue weighted by molar-refractivity contribution is -0.140. The lowest BCUT2D eigenvalue weighted by Gasteiger charge is -2.29. The number of hydrogen-bond acceptors (Lipinski definition) is 12. The van der Waals surface area contributed by atoms with E-state index in [-0.39, 0.29) is 24.1 Å². The Kier molecular flexibility index (Phi) is 8.56. The van der Waals surface area contributed by atoms with Gasteiger partial charge in [-0.25, -0.2) is 19.7 Å². The molecule has 2 saturated heterocycles. The van der Waals surface area contributed by atoms with Crippen molar-refractivity contribution in [3.63, 3.8) is 0 Å². The van der Waals surface area contributed by atoms with E-state index in [9.17, 15) is 23.1 Å². The van der Waals surface area contributed by atoms with Gasteiger partial charge < -0.3 is 35.6 Å². The van der Waals surface area contributed by atoms with Gasteiger partial charge >= 0.3 is 12.3 Å². The normalized spacial score (nSPS) is 19.2. The summed E-state index contributed by atoms with van der Waals surface area (Å²) in [5.41, 5.74) is 4.89. The van der Waals surface area contributed by atoms with Gasteiger partial charge in [0.15, 0.2) is 11.8 Å².